The topological polar surface area (TPSA) is 55.1 Å². The number of hydrogen-bond acceptors (Lipinski definition) is 2. The van der Waals surface area contributed by atoms with E-state index in [9.17, 15) is 4.79 Å². The number of allylic oxidation sites excluding steroid dienone is 9. The zero-order chi connectivity index (χ0) is 12.3. The molecule has 3 N–H and O–H groups in total. The normalized spacial score (nSPS) is 16.1. The largest absolute Gasteiger partial charge is 0.368 e. The van der Waals surface area contributed by atoms with E-state index in [1.165, 1.54) is 0 Å². The fourth-order valence-electron chi connectivity index (χ4n) is 1.17. The number of amides is 1. The molecule has 3 nitrogen and oxygen atoms in total. The number of nitrogens with two attached hydrogens (primary N) is 1. The molecule has 0 aromatic carbocycles. The molecule has 2 aliphatic rings. The molecule has 88 valence electrons. The van der Waals surface area contributed by atoms with Gasteiger partial charge < -0.3 is 11.1 Å². The Bertz CT molecular complexity index is 410. The number of carbonyl (C=O) groups is 1. The van der Waals surface area contributed by atoms with E-state index in [1.807, 2.05) is 61.0 Å². The Balaban J connectivity index is 0.000000181. The van der Waals surface area contributed by atoms with Crippen LogP contribution in [0.1, 0.15) is 6.42 Å². The molecular weight excluding hydrogens is 212 g/mol. The molecule has 1 aliphatic heterocycles. The summed E-state index contributed by atoms with van der Waals surface area (Å²) < 4.78 is 0. The van der Waals surface area contributed by atoms with Crippen LogP contribution in [0, 0.1) is 0 Å². The van der Waals surface area contributed by atoms with Gasteiger partial charge in [0.05, 0.1) is 0 Å². The van der Waals surface area contributed by atoms with Crippen molar-refractivity contribution in [3.8, 4) is 0 Å². The van der Waals surface area contributed by atoms with Crippen LogP contribution in [0.25, 0.3) is 0 Å². The van der Waals surface area contributed by atoms with Gasteiger partial charge in [-0.25, -0.2) is 0 Å². The lowest BCUT2D eigenvalue weighted by Crippen LogP contribution is -2.12. The monoisotopic (exact) mass is 228 g/mol. The second kappa shape index (κ2) is 7.93. The van der Waals surface area contributed by atoms with Gasteiger partial charge in [-0.1, -0.05) is 42.5 Å². The van der Waals surface area contributed by atoms with E-state index in [2.05, 4.69) is 5.32 Å². The van der Waals surface area contributed by atoms with Gasteiger partial charge in [0, 0.05) is 18.0 Å². The molecule has 0 atom stereocenters. The Hall–Kier alpha value is -2.29. The van der Waals surface area contributed by atoms with Crippen LogP contribution < -0.4 is 11.1 Å². The number of rotatable bonds is 1. The van der Waals surface area contributed by atoms with Gasteiger partial charge in [-0.15, -0.1) is 0 Å². The number of nitrogens with one attached hydrogen (secondary N) is 1. The first kappa shape index (κ1) is 12.8. The predicted octanol–water partition coefficient (Wildman–Crippen LogP) is 2.09. The number of hydrogen-bond donors (Lipinski definition) is 2. The van der Waals surface area contributed by atoms with Crippen LogP contribution in [0.4, 0.5) is 0 Å². The van der Waals surface area contributed by atoms with Gasteiger partial charge in [-0.2, -0.15) is 0 Å². The van der Waals surface area contributed by atoms with Gasteiger partial charge in [-0.3, -0.25) is 4.79 Å². The van der Waals surface area contributed by atoms with Crippen LogP contribution >= 0.6 is 0 Å². The predicted molar refractivity (Wildman–Crippen MR) is 70.7 cm³/mol. The summed E-state index contributed by atoms with van der Waals surface area (Å²) in [7, 11) is 0. The highest BCUT2D eigenvalue weighted by molar-refractivity contribution is 5.92. The molecule has 1 amide bonds. The first-order chi connectivity index (χ1) is 8.30. The maximum absolute atomic E-state index is 10.6. The molecule has 0 unspecified atom stereocenters. The van der Waals surface area contributed by atoms with Crippen molar-refractivity contribution >= 4 is 5.91 Å². The average Bonchev–Trinajstić information content (AvgIpc) is 2.77. The van der Waals surface area contributed by atoms with E-state index in [-0.39, 0.29) is 5.91 Å². The Morgan fingerprint density at radius 3 is 2.29 bits per heavy atom. The summed E-state index contributed by atoms with van der Waals surface area (Å²) in [5.74, 6) is -0.337. The van der Waals surface area contributed by atoms with Gasteiger partial charge in [0.25, 0.3) is 0 Å². The first-order valence-electron chi connectivity index (χ1n) is 5.37. The minimum atomic E-state index is -0.337. The van der Waals surface area contributed by atoms with Crippen LogP contribution in [0.15, 0.2) is 72.7 Å². The molecule has 17 heavy (non-hydrogen) atoms. The Labute approximate surface area is 101 Å². The van der Waals surface area contributed by atoms with Gasteiger partial charge in [0.2, 0.25) is 5.91 Å². The molecule has 1 aliphatic carbocycles. The van der Waals surface area contributed by atoms with Crippen molar-refractivity contribution in [3.05, 3.63) is 72.7 Å². The quantitative estimate of drug-likeness (QED) is 0.722. The molecule has 0 saturated carbocycles. The van der Waals surface area contributed by atoms with Crippen LogP contribution in [-0.2, 0) is 4.79 Å². The maximum Gasteiger partial charge on any atom is 0.244 e. The Morgan fingerprint density at radius 2 is 1.65 bits per heavy atom. The van der Waals surface area contributed by atoms with Crippen LogP contribution in [-0.4, -0.2) is 5.91 Å². The summed E-state index contributed by atoms with van der Waals surface area (Å²) in [5.41, 5.74) is 5.72. The van der Waals surface area contributed by atoms with Crippen molar-refractivity contribution in [2.24, 2.45) is 5.73 Å². The van der Waals surface area contributed by atoms with Crippen molar-refractivity contribution in [1.82, 2.24) is 5.32 Å². The Kier molecular flexibility index (Phi) is 5.96. The van der Waals surface area contributed by atoms with Crippen molar-refractivity contribution in [2.45, 2.75) is 6.42 Å². The minimum absolute atomic E-state index is 0.337. The third-order valence-corrected chi connectivity index (χ3v) is 2.03. The summed E-state index contributed by atoms with van der Waals surface area (Å²) in [4.78, 5) is 10.6. The third-order valence-electron chi connectivity index (χ3n) is 2.03. The summed E-state index contributed by atoms with van der Waals surface area (Å²) in [5, 5.41) is 2.92. The van der Waals surface area contributed by atoms with Crippen molar-refractivity contribution in [3.63, 3.8) is 0 Å². The minimum Gasteiger partial charge on any atom is -0.368 e. The van der Waals surface area contributed by atoms with E-state index in [0.717, 1.165) is 0 Å². The lowest BCUT2D eigenvalue weighted by atomic mass is 10.2. The van der Waals surface area contributed by atoms with Gasteiger partial charge in [0.1, 0.15) is 0 Å². The summed E-state index contributed by atoms with van der Waals surface area (Å²) in [6.45, 7) is 0. The Morgan fingerprint density at radius 1 is 1.00 bits per heavy atom. The maximum atomic E-state index is 10.6. The molecule has 0 aromatic rings. The van der Waals surface area contributed by atoms with Gasteiger partial charge in [-0.05, 0) is 18.6 Å². The van der Waals surface area contributed by atoms with Gasteiger partial charge >= 0.3 is 0 Å². The van der Waals surface area contributed by atoms with E-state index >= 15 is 0 Å². The highest BCUT2D eigenvalue weighted by Crippen LogP contribution is 2.05. The molecule has 0 aromatic heterocycles. The summed E-state index contributed by atoms with van der Waals surface area (Å²) >= 11 is 0. The molecule has 0 spiro atoms. The van der Waals surface area contributed by atoms with Gasteiger partial charge in [0.15, 0.2) is 0 Å². The van der Waals surface area contributed by atoms with E-state index in [1.54, 1.807) is 6.08 Å². The van der Waals surface area contributed by atoms with Crippen LogP contribution in [0.3, 0.4) is 0 Å². The highest BCUT2D eigenvalue weighted by atomic mass is 16.1. The first-order valence-corrected chi connectivity index (χ1v) is 5.37. The van der Waals surface area contributed by atoms with Crippen LogP contribution in [0.2, 0.25) is 0 Å². The van der Waals surface area contributed by atoms with Crippen LogP contribution in [0.5, 0.6) is 0 Å². The molecular formula is C14H16N2O. The number of carbonyl (C=O) groups excluding carboxylic acids is 1. The molecule has 2 rings (SSSR count). The average molecular weight is 228 g/mol. The fraction of sp³-hybridized carbons (Fsp3) is 0.0714. The third kappa shape index (κ3) is 5.99. The summed E-state index contributed by atoms with van der Waals surface area (Å²) in [6.07, 6.45) is 21.4. The molecule has 0 saturated heterocycles. The van der Waals surface area contributed by atoms with Crippen molar-refractivity contribution in [2.75, 3.05) is 0 Å². The van der Waals surface area contributed by atoms with Crippen molar-refractivity contribution < 1.29 is 4.79 Å². The van der Waals surface area contributed by atoms with E-state index < -0.39 is 0 Å². The standard InChI is InChI=1S/C8H9NO.C6H7N/c9-8(10)7-5-3-1-2-4-6-7;1-2-4-6-7-5-3-1/h1-5H,6H2,(H2,9,10);1-7H. The molecule has 1 heterocycles. The molecule has 3 heteroatoms. The number of primary amides is 1. The smallest absolute Gasteiger partial charge is 0.244 e. The zero-order valence-electron chi connectivity index (χ0n) is 9.54. The second-order valence-corrected chi connectivity index (χ2v) is 3.34. The highest BCUT2D eigenvalue weighted by Gasteiger charge is 2.00. The SMILES string of the molecule is C1=CC=CNC=C1.NC(=O)C1=CC=CC=CC1. The lowest BCUT2D eigenvalue weighted by Gasteiger charge is -1.93. The fourth-order valence-corrected chi connectivity index (χ4v) is 1.17. The van der Waals surface area contributed by atoms with Crippen molar-refractivity contribution in [1.29, 1.82) is 0 Å². The summed E-state index contributed by atoms with van der Waals surface area (Å²) in [6, 6.07) is 0. The lowest BCUT2D eigenvalue weighted by molar-refractivity contribution is -0.114. The zero-order valence-corrected chi connectivity index (χ0v) is 9.54. The second-order valence-electron chi connectivity index (χ2n) is 3.34. The molecule has 0 fully saturated rings. The van der Waals surface area contributed by atoms with E-state index in [0.29, 0.717) is 12.0 Å². The van der Waals surface area contributed by atoms with E-state index in [4.69, 9.17) is 5.73 Å². The molecule has 0 radical (unpaired) electrons. The molecule has 0 bridgehead atoms.